The zero-order valence-corrected chi connectivity index (χ0v) is 10.2. The van der Waals surface area contributed by atoms with Crippen molar-refractivity contribution in [3.05, 3.63) is 60.4 Å². The van der Waals surface area contributed by atoms with Gasteiger partial charge in [0, 0.05) is 17.0 Å². The molecule has 0 saturated heterocycles. The molecule has 0 amide bonds. The number of carbonyl (C=O) groups is 1. The Morgan fingerprint density at radius 3 is 1.89 bits per heavy atom. The minimum Gasteiger partial charge on any atom is -0.358 e. The maximum absolute atomic E-state index is 11.2. The second kappa shape index (κ2) is 3.69. The van der Waals surface area contributed by atoms with E-state index in [9.17, 15) is 4.79 Å². The summed E-state index contributed by atoms with van der Waals surface area (Å²) in [7, 11) is 0. The molecule has 0 fully saturated rings. The molecule has 0 unspecified atom stereocenters. The van der Waals surface area contributed by atoms with Crippen LogP contribution < -0.4 is 0 Å². The van der Waals surface area contributed by atoms with E-state index in [0.29, 0.717) is 5.69 Å². The number of aromatic amines is 1. The molecule has 0 aliphatic heterocycles. The first-order valence-corrected chi connectivity index (χ1v) is 6.26. The summed E-state index contributed by atoms with van der Waals surface area (Å²) in [6.45, 7) is 0. The molecule has 0 atom stereocenters. The summed E-state index contributed by atoms with van der Waals surface area (Å²) >= 11 is 0. The van der Waals surface area contributed by atoms with Crippen LogP contribution in [0.5, 0.6) is 0 Å². The third-order valence-corrected chi connectivity index (χ3v) is 3.73. The highest BCUT2D eigenvalue weighted by molar-refractivity contribution is 6.27. The molecule has 1 N–H and O–H groups in total. The second-order valence-corrected chi connectivity index (χ2v) is 4.70. The van der Waals surface area contributed by atoms with Crippen LogP contribution in [0.4, 0.5) is 0 Å². The fourth-order valence-corrected chi connectivity index (χ4v) is 2.92. The van der Waals surface area contributed by atoms with Crippen LogP contribution >= 0.6 is 0 Å². The van der Waals surface area contributed by atoms with Gasteiger partial charge in [-0.3, -0.25) is 4.79 Å². The lowest BCUT2D eigenvalue weighted by Crippen LogP contribution is -1.83. The lowest BCUT2D eigenvalue weighted by atomic mass is 9.96. The van der Waals surface area contributed by atoms with Crippen LogP contribution in [0.3, 0.4) is 0 Å². The molecule has 2 heteroatoms. The molecule has 0 aliphatic carbocycles. The van der Waals surface area contributed by atoms with E-state index in [4.69, 9.17) is 0 Å². The first-order valence-electron chi connectivity index (χ1n) is 6.26. The minimum atomic E-state index is 0.650. The number of rotatable bonds is 1. The zero-order chi connectivity index (χ0) is 12.8. The van der Waals surface area contributed by atoms with Crippen LogP contribution in [0.1, 0.15) is 10.5 Å². The maximum atomic E-state index is 11.2. The van der Waals surface area contributed by atoms with Crippen molar-refractivity contribution in [2.24, 2.45) is 0 Å². The summed E-state index contributed by atoms with van der Waals surface area (Å²) in [4.78, 5) is 14.3. The van der Waals surface area contributed by atoms with Crippen molar-refractivity contribution in [2.75, 3.05) is 0 Å². The standard InChI is InChI=1S/C17H11NO/c19-10-16-17-14-8-4-3-6-12(14)11-5-1-2-7-13(11)15(17)9-18-16/h1-10,18H. The molecule has 0 saturated carbocycles. The normalized spacial score (nSPS) is 11.4. The highest BCUT2D eigenvalue weighted by Crippen LogP contribution is 2.35. The summed E-state index contributed by atoms with van der Waals surface area (Å²) in [5, 5.41) is 6.84. The lowest BCUT2D eigenvalue weighted by molar-refractivity contribution is 0.112. The Morgan fingerprint density at radius 2 is 1.26 bits per heavy atom. The molecular weight excluding hydrogens is 234 g/mol. The van der Waals surface area contributed by atoms with Crippen molar-refractivity contribution in [1.82, 2.24) is 4.98 Å². The Balaban J connectivity index is 2.45. The molecule has 0 bridgehead atoms. The Labute approximate surface area is 109 Å². The van der Waals surface area contributed by atoms with Crippen LogP contribution in [-0.4, -0.2) is 11.3 Å². The molecule has 1 aromatic heterocycles. The van der Waals surface area contributed by atoms with E-state index >= 15 is 0 Å². The molecule has 0 radical (unpaired) electrons. The number of hydrogen-bond donors (Lipinski definition) is 1. The van der Waals surface area contributed by atoms with Crippen LogP contribution in [0.25, 0.3) is 32.3 Å². The van der Waals surface area contributed by atoms with Gasteiger partial charge in [0.15, 0.2) is 6.29 Å². The molecule has 4 rings (SSSR count). The summed E-state index contributed by atoms with van der Waals surface area (Å²) in [5.41, 5.74) is 0.650. The molecular formula is C17H11NO. The number of aldehydes is 1. The Hall–Kier alpha value is -2.61. The Morgan fingerprint density at radius 1 is 0.737 bits per heavy atom. The van der Waals surface area contributed by atoms with E-state index in [1.165, 1.54) is 16.2 Å². The molecule has 90 valence electrons. The van der Waals surface area contributed by atoms with Crippen LogP contribution in [0.2, 0.25) is 0 Å². The average Bonchev–Trinajstić information content (AvgIpc) is 2.92. The van der Waals surface area contributed by atoms with E-state index in [1.54, 1.807) is 0 Å². The third-order valence-electron chi connectivity index (χ3n) is 3.73. The van der Waals surface area contributed by atoms with E-state index in [-0.39, 0.29) is 0 Å². The van der Waals surface area contributed by atoms with Crippen molar-refractivity contribution in [3.8, 4) is 0 Å². The molecule has 1 heterocycles. The van der Waals surface area contributed by atoms with E-state index in [2.05, 4.69) is 29.2 Å². The quantitative estimate of drug-likeness (QED) is 0.394. The van der Waals surface area contributed by atoms with Gasteiger partial charge >= 0.3 is 0 Å². The van der Waals surface area contributed by atoms with Crippen LogP contribution in [0.15, 0.2) is 54.7 Å². The van der Waals surface area contributed by atoms with Crippen molar-refractivity contribution < 1.29 is 4.79 Å². The predicted octanol–water partition coefficient (Wildman–Crippen LogP) is 4.29. The largest absolute Gasteiger partial charge is 0.358 e. The van der Waals surface area contributed by atoms with Crippen molar-refractivity contribution in [2.45, 2.75) is 0 Å². The van der Waals surface area contributed by atoms with Gasteiger partial charge in [0.1, 0.15) is 0 Å². The van der Waals surface area contributed by atoms with Gasteiger partial charge < -0.3 is 4.98 Å². The number of aromatic nitrogens is 1. The molecule has 0 aliphatic rings. The smallest absolute Gasteiger partial charge is 0.166 e. The van der Waals surface area contributed by atoms with E-state index in [0.717, 1.165) is 22.4 Å². The fourth-order valence-electron chi connectivity index (χ4n) is 2.92. The summed E-state index contributed by atoms with van der Waals surface area (Å²) in [5.74, 6) is 0. The molecule has 19 heavy (non-hydrogen) atoms. The summed E-state index contributed by atoms with van der Waals surface area (Å²) in [6.07, 6.45) is 2.82. The van der Waals surface area contributed by atoms with Gasteiger partial charge in [-0.1, -0.05) is 48.5 Å². The highest BCUT2D eigenvalue weighted by Gasteiger charge is 2.11. The van der Waals surface area contributed by atoms with Crippen molar-refractivity contribution in [3.63, 3.8) is 0 Å². The first kappa shape index (κ1) is 10.3. The molecule has 0 spiro atoms. The fraction of sp³-hybridized carbons (Fsp3) is 0. The van der Waals surface area contributed by atoms with Crippen molar-refractivity contribution >= 4 is 38.6 Å². The van der Waals surface area contributed by atoms with Crippen LogP contribution in [-0.2, 0) is 0 Å². The van der Waals surface area contributed by atoms with Gasteiger partial charge in [0.25, 0.3) is 0 Å². The topological polar surface area (TPSA) is 32.9 Å². The molecule has 4 aromatic rings. The van der Waals surface area contributed by atoms with Gasteiger partial charge in [-0.25, -0.2) is 0 Å². The Kier molecular flexibility index (Phi) is 2.00. The second-order valence-electron chi connectivity index (χ2n) is 4.70. The van der Waals surface area contributed by atoms with E-state index in [1.807, 2.05) is 30.5 Å². The number of nitrogens with one attached hydrogen (secondary N) is 1. The van der Waals surface area contributed by atoms with E-state index < -0.39 is 0 Å². The number of fused-ring (bicyclic) bond motifs is 6. The number of H-pyrrole nitrogens is 1. The zero-order valence-electron chi connectivity index (χ0n) is 10.2. The average molecular weight is 245 g/mol. The summed E-state index contributed by atoms with van der Waals surface area (Å²) < 4.78 is 0. The van der Waals surface area contributed by atoms with Gasteiger partial charge in [0.05, 0.1) is 5.69 Å². The molecule has 2 nitrogen and oxygen atoms in total. The minimum absolute atomic E-state index is 0.650. The maximum Gasteiger partial charge on any atom is 0.166 e. The number of hydrogen-bond acceptors (Lipinski definition) is 1. The Bertz CT molecular complexity index is 934. The van der Waals surface area contributed by atoms with Crippen molar-refractivity contribution in [1.29, 1.82) is 0 Å². The SMILES string of the molecule is O=Cc1[nH]cc2c3ccccc3c3ccccc3c12. The number of carbonyl (C=O) groups excluding carboxylic acids is 1. The predicted molar refractivity (Wildman–Crippen MR) is 78.7 cm³/mol. The first-order chi connectivity index (χ1) is 9.40. The molecule has 3 aromatic carbocycles. The lowest BCUT2D eigenvalue weighted by Gasteiger charge is -2.07. The summed E-state index contributed by atoms with van der Waals surface area (Å²) in [6, 6.07) is 16.5. The van der Waals surface area contributed by atoms with Gasteiger partial charge in [-0.2, -0.15) is 0 Å². The van der Waals surface area contributed by atoms with Crippen LogP contribution in [0, 0.1) is 0 Å². The highest BCUT2D eigenvalue weighted by atomic mass is 16.1. The monoisotopic (exact) mass is 245 g/mol. The number of benzene rings is 3. The van der Waals surface area contributed by atoms with Gasteiger partial charge in [-0.05, 0) is 21.5 Å². The third kappa shape index (κ3) is 1.28. The van der Waals surface area contributed by atoms with Gasteiger partial charge in [0.2, 0.25) is 0 Å². The van der Waals surface area contributed by atoms with Gasteiger partial charge in [-0.15, -0.1) is 0 Å².